The topological polar surface area (TPSA) is 98.4 Å². The summed E-state index contributed by atoms with van der Waals surface area (Å²) in [6.45, 7) is 0.306. The monoisotopic (exact) mass is 491 g/mol. The van der Waals surface area contributed by atoms with Gasteiger partial charge >= 0.3 is 0 Å². The molecule has 6 rings (SSSR count). The maximum atomic E-state index is 13.7. The zero-order valence-corrected chi connectivity index (χ0v) is 19.2. The van der Waals surface area contributed by atoms with E-state index >= 15 is 0 Å². The van der Waals surface area contributed by atoms with Crippen LogP contribution in [0.2, 0.25) is 5.02 Å². The molecule has 176 valence electrons. The highest BCUT2D eigenvalue weighted by atomic mass is 35.5. The lowest BCUT2D eigenvalue weighted by molar-refractivity contribution is 0.0714. The summed E-state index contributed by atoms with van der Waals surface area (Å²) in [6, 6.07) is 14.1. The maximum absolute atomic E-state index is 13.7. The molecule has 2 aliphatic rings. The number of hydrogen-bond donors (Lipinski definition) is 1. The normalized spacial score (nSPS) is 16.1. The van der Waals surface area contributed by atoms with Gasteiger partial charge in [0.1, 0.15) is 5.58 Å². The second kappa shape index (κ2) is 7.95. The van der Waals surface area contributed by atoms with Crippen molar-refractivity contribution in [1.29, 1.82) is 0 Å². The largest absolute Gasteiger partial charge is 0.504 e. The summed E-state index contributed by atoms with van der Waals surface area (Å²) in [5.74, 6) is 0.931. The number of hydrogen-bond acceptors (Lipinski definition) is 7. The fourth-order valence-electron chi connectivity index (χ4n) is 4.60. The van der Waals surface area contributed by atoms with E-state index in [9.17, 15) is 14.7 Å². The summed E-state index contributed by atoms with van der Waals surface area (Å²) in [5.41, 5.74) is 1.51. The molecular formula is C26H18ClNO7. The van der Waals surface area contributed by atoms with Gasteiger partial charge in [-0.25, -0.2) is 0 Å². The molecule has 4 aromatic rings. The molecular weight excluding hydrogens is 474 g/mol. The summed E-state index contributed by atoms with van der Waals surface area (Å²) in [5, 5.41) is 10.8. The van der Waals surface area contributed by atoms with Gasteiger partial charge in [0.25, 0.3) is 5.91 Å². The first-order chi connectivity index (χ1) is 16.9. The summed E-state index contributed by atoms with van der Waals surface area (Å²) >= 11 is 6.14. The summed E-state index contributed by atoms with van der Waals surface area (Å²) in [7, 11) is 1.43. The van der Waals surface area contributed by atoms with E-state index in [1.54, 1.807) is 41.3 Å². The predicted molar refractivity (Wildman–Crippen MR) is 126 cm³/mol. The highest BCUT2D eigenvalue weighted by Gasteiger charge is 2.43. The minimum absolute atomic E-state index is 0.0254. The number of aromatic hydroxyl groups is 1. The van der Waals surface area contributed by atoms with Crippen LogP contribution in [0.3, 0.4) is 0 Å². The number of rotatable bonds is 4. The lowest BCUT2D eigenvalue weighted by atomic mass is 9.97. The number of ether oxygens (including phenoxy) is 3. The van der Waals surface area contributed by atoms with Crippen LogP contribution in [0.1, 0.15) is 33.3 Å². The molecule has 0 spiro atoms. The van der Waals surface area contributed by atoms with Crippen LogP contribution < -0.4 is 19.6 Å². The van der Waals surface area contributed by atoms with E-state index in [0.29, 0.717) is 22.1 Å². The molecule has 1 atom stereocenters. The molecule has 9 heteroatoms. The van der Waals surface area contributed by atoms with Crippen LogP contribution in [0.15, 0.2) is 63.8 Å². The molecule has 0 radical (unpaired) electrons. The Hall–Kier alpha value is -4.17. The number of carbonyl (C=O) groups is 1. The van der Waals surface area contributed by atoms with Gasteiger partial charge in [0.15, 0.2) is 28.4 Å². The first-order valence-electron chi connectivity index (χ1n) is 10.8. The van der Waals surface area contributed by atoms with Crippen LogP contribution in [-0.4, -0.2) is 29.8 Å². The Labute approximate surface area is 203 Å². The van der Waals surface area contributed by atoms with Gasteiger partial charge in [-0.1, -0.05) is 23.7 Å². The first-order valence-corrected chi connectivity index (χ1v) is 11.1. The van der Waals surface area contributed by atoms with Crippen LogP contribution in [0.25, 0.3) is 11.0 Å². The van der Waals surface area contributed by atoms with Gasteiger partial charge in [0, 0.05) is 11.6 Å². The second-order valence-corrected chi connectivity index (χ2v) is 8.71. The zero-order valence-electron chi connectivity index (χ0n) is 18.4. The fraction of sp³-hybridized carbons (Fsp3) is 0.154. The molecule has 3 heterocycles. The van der Waals surface area contributed by atoms with Crippen LogP contribution in [0.5, 0.6) is 23.0 Å². The highest BCUT2D eigenvalue weighted by molar-refractivity contribution is 6.31. The van der Waals surface area contributed by atoms with Gasteiger partial charge in [0.2, 0.25) is 12.6 Å². The Balaban J connectivity index is 1.54. The SMILES string of the molecule is COc1cc(C2c3c(oc4ccc(Cl)cc4c3=O)C(=O)N2Cc2ccc3c(c2)OCO3)ccc1O. The van der Waals surface area contributed by atoms with Crippen molar-refractivity contribution in [2.24, 2.45) is 0 Å². The molecule has 8 nitrogen and oxygen atoms in total. The lowest BCUT2D eigenvalue weighted by Crippen LogP contribution is -2.29. The van der Waals surface area contributed by atoms with E-state index in [4.69, 9.17) is 30.2 Å². The average Bonchev–Trinajstić information content (AvgIpc) is 3.43. The van der Waals surface area contributed by atoms with E-state index in [1.165, 1.54) is 19.2 Å². The number of nitrogens with zero attached hydrogens (tertiary/aromatic N) is 1. The number of fused-ring (bicyclic) bond motifs is 3. The molecule has 0 saturated heterocycles. The van der Waals surface area contributed by atoms with Crippen molar-refractivity contribution in [2.75, 3.05) is 13.9 Å². The fourth-order valence-corrected chi connectivity index (χ4v) is 4.77. The van der Waals surface area contributed by atoms with E-state index in [1.807, 2.05) is 6.07 Å². The van der Waals surface area contributed by atoms with Gasteiger partial charge < -0.3 is 28.6 Å². The Morgan fingerprint density at radius 1 is 1.06 bits per heavy atom. The third-order valence-electron chi connectivity index (χ3n) is 6.24. The number of carbonyl (C=O) groups excluding carboxylic acids is 1. The van der Waals surface area contributed by atoms with Crippen molar-refractivity contribution in [3.63, 3.8) is 0 Å². The molecule has 0 saturated carbocycles. The number of phenolic OH excluding ortho intramolecular Hbond substituents is 1. The Morgan fingerprint density at radius 3 is 2.71 bits per heavy atom. The summed E-state index contributed by atoms with van der Waals surface area (Å²) < 4.78 is 22.1. The smallest absolute Gasteiger partial charge is 0.291 e. The van der Waals surface area contributed by atoms with Crippen LogP contribution in [0, 0.1) is 0 Å². The van der Waals surface area contributed by atoms with Crippen molar-refractivity contribution in [2.45, 2.75) is 12.6 Å². The molecule has 0 aliphatic carbocycles. The molecule has 1 aromatic heterocycles. The quantitative estimate of drug-likeness (QED) is 0.444. The molecule has 0 bridgehead atoms. The van der Waals surface area contributed by atoms with Crippen LogP contribution in [0.4, 0.5) is 0 Å². The molecule has 3 aromatic carbocycles. The summed E-state index contributed by atoms with van der Waals surface area (Å²) in [4.78, 5) is 28.8. The molecule has 1 amide bonds. The third-order valence-corrected chi connectivity index (χ3v) is 6.47. The van der Waals surface area contributed by atoms with Crippen molar-refractivity contribution in [1.82, 2.24) is 4.90 Å². The number of methoxy groups -OCH3 is 1. The van der Waals surface area contributed by atoms with Crippen molar-refractivity contribution >= 4 is 28.5 Å². The van der Waals surface area contributed by atoms with Crippen LogP contribution in [-0.2, 0) is 6.54 Å². The number of amides is 1. The Morgan fingerprint density at radius 2 is 1.89 bits per heavy atom. The molecule has 0 fully saturated rings. The minimum Gasteiger partial charge on any atom is -0.504 e. The van der Waals surface area contributed by atoms with Gasteiger partial charge in [-0.15, -0.1) is 0 Å². The van der Waals surface area contributed by atoms with E-state index in [2.05, 4.69) is 0 Å². The maximum Gasteiger partial charge on any atom is 0.291 e. The average molecular weight is 492 g/mol. The predicted octanol–water partition coefficient (Wildman–Crippen LogP) is 4.63. The molecule has 35 heavy (non-hydrogen) atoms. The minimum atomic E-state index is -0.781. The molecule has 1 N–H and O–H groups in total. The lowest BCUT2D eigenvalue weighted by Gasteiger charge is -2.25. The number of halogens is 1. The van der Waals surface area contributed by atoms with Crippen molar-refractivity contribution in [3.05, 3.63) is 92.3 Å². The Kier molecular flexibility index (Phi) is 4.86. The van der Waals surface area contributed by atoms with Gasteiger partial charge in [0.05, 0.1) is 24.1 Å². The summed E-state index contributed by atoms with van der Waals surface area (Å²) in [6.07, 6.45) is 0. The third kappa shape index (κ3) is 3.37. The molecule has 1 unspecified atom stereocenters. The highest BCUT2D eigenvalue weighted by Crippen LogP contribution is 2.42. The number of benzene rings is 3. The molecule has 2 aliphatic heterocycles. The second-order valence-electron chi connectivity index (χ2n) is 8.27. The van der Waals surface area contributed by atoms with Gasteiger partial charge in [-0.3, -0.25) is 9.59 Å². The zero-order chi connectivity index (χ0) is 24.3. The van der Waals surface area contributed by atoms with E-state index in [0.717, 1.165) is 5.56 Å². The first kappa shape index (κ1) is 21.4. The van der Waals surface area contributed by atoms with E-state index < -0.39 is 11.9 Å². The van der Waals surface area contributed by atoms with Crippen molar-refractivity contribution in [3.8, 4) is 23.0 Å². The standard InChI is InChI=1S/C26H18ClNO7/c1-32-20-9-14(3-5-17(20)29)23-22-24(30)16-10-15(27)4-7-18(16)35-25(22)26(31)28(23)11-13-2-6-19-21(8-13)34-12-33-19/h2-10,23,29H,11-12H2,1H3. The van der Waals surface area contributed by atoms with Crippen molar-refractivity contribution < 1.29 is 28.5 Å². The number of phenols is 1. The Bertz CT molecular complexity index is 1580. The van der Waals surface area contributed by atoms with Gasteiger partial charge in [-0.2, -0.15) is 0 Å². The van der Waals surface area contributed by atoms with E-state index in [-0.39, 0.29) is 52.6 Å². The van der Waals surface area contributed by atoms with Gasteiger partial charge in [-0.05, 0) is 53.6 Å². The van der Waals surface area contributed by atoms with Crippen LogP contribution >= 0.6 is 11.6 Å².